The molecule has 0 aliphatic carbocycles. The number of aromatic nitrogens is 1. The van der Waals surface area contributed by atoms with E-state index in [1.165, 1.54) is 19.4 Å². The van der Waals surface area contributed by atoms with Gasteiger partial charge in [0.1, 0.15) is 5.69 Å². The van der Waals surface area contributed by atoms with Gasteiger partial charge in [-0.1, -0.05) is 6.07 Å². The van der Waals surface area contributed by atoms with Gasteiger partial charge >= 0.3 is 5.97 Å². The van der Waals surface area contributed by atoms with E-state index in [0.717, 1.165) is 5.56 Å². The van der Waals surface area contributed by atoms with Crippen LogP contribution in [0.15, 0.2) is 30.5 Å². The predicted octanol–water partition coefficient (Wildman–Crippen LogP) is 1.94. The second kappa shape index (κ2) is 5.48. The molecule has 0 atom stereocenters. The molecule has 0 aliphatic heterocycles. The first kappa shape index (κ1) is 13.7. The van der Waals surface area contributed by atoms with Crippen molar-refractivity contribution in [3.63, 3.8) is 0 Å². The molecule has 0 aliphatic rings. The standard InChI is InChI=1S/C14H15N3O3/c1-8-3-4-9(14(19)20-2)5-11(8)17-13(18)12-6-10(15)7-16-12/h3-7,16H,15H2,1-2H3,(H,17,18). The van der Waals surface area contributed by atoms with E-state index in [2.05, 4.69) is 15.0 Å². The van der Waals surface area contributed by atoms with Gasteiger partial charge in [0.25, 0.3) is 5.91 Å². The summed E-state index contributed by atoms with van der Waals surface area (Å²) in [4.78, 5) is 26.3. The largest absolute Gasteiger partial charge is 0.465 e. The molecule has 0 fully saturated rings. The molecule has 0 radical (unpaired) electrons. The van der Waals surface area contributed by atoms with Crippen molar-refractivity contribution < 1.29 is 14.3 Å². The van der Waals surface area contributed by atoms with E-state index in [1.54, 1.807) is 18.2 Å². The van der Waals surface area contributed by atoms with Gasteiger partial charge in [0.15, 0.2) is 0 Å². The van der Waals surface area contributed by atoms with Crippen molar-refractivity contribution in [3.8, 4) is 0 Å². The van der Waals surface area contributed by atoms with Gasteiger partial charge in [-0.05, 0) is 30.7 Å². The van der Waals surface area contributed by atoms with Crippen LogP contribution in [0.2, 0.25) is 0 Å². The van der Waals surface area contributed by atoms with Gasteiger partial charge in [0.05, 0.1) is 12.7 Å². The Kier molecular flexibility index (Phi) is 3.74. The lowest BCUT2D eigenvalue weighted by atomic mass is 10.1. The number of esters is 1. The maximum atomic E-state index is 12.0. The third kappa shape index (κ3) is 2.80. The average Bonchev–Trinajstić information content (AvgIpc) is 2.87. The van der Waals surface area contributed by atoms with E-state index in [1.807, 2.05) is 6.92 Å². The maximum Gasteiger partial charge on any atom is 0.337 e. The molecule has 0 saturated carbocycles. The highest BCUT2D eigenvalue weighted by atomic mass is 16.5. The van der Waals surface area contributed by atoms with Crippen LogP contribution in [0.25, 0.3) is 0 Å². The van der Waals surface area contributed by atoms with Crippen molar-refractivity contribution in [1.29, 1.82) is 0 Å². The van der Waals surface area contributed by atoms with Crippen LogP contribution in [0.1, 0.15) is 26.4 Å². The first-order valence-corrected chi connectivity index (χ1v) is 5.95. The number of H-pyrrole nitrogens is 1. The van der Waals surface area contributed by atoms with Crippen LogP contribution in [-0.4, -0.2) is 24.0 Å². The molecule has 2 rings (SSSR count). The smallest absolute Gasteiger partial charge is 0.337 e. The predicted molar refractivity (Wildman–Crippen MR) is 75.7 cm³/mol. The number of anilines is 2. The van der Waals surface area contributed by atoms with Crippen LogP contribution >= 0.6 is 0 Å². The van der Waals surface area contributed by atoms with E-state index in [4.69, 9.17) is 5.73 Å². The Morgan fingerprint density at radius 3 is 2.65 bits per heavy atom. The summed E-state index contributed by atoms with van der Waals surface area (Å²) < 4.78 is 4.65. The second-order valence-corrected chi connectivity index (χ2v) is 4.32. The zero-order valence-corrected chi connectivity index (χ0v) is 11.2. The number of aromatic amines is 1. The third-order valence-electron chi connectivity index (χ3n) is 2.86. The Hall–Kier alpha value is -2.76. The first-order valence-electron chi connectivity index (χ1n) is 5.95. The lowest BCUT2D eigenvalue weighted by molar-refractivity contribution is 0.0600. The summed E-state index contributed by atoms with van der Waals surface area (Å²) in [5, 5.41) is 2.73. The highest BCUT2D eigenvalue weighted by Crippen LogP contribution is 2.18. The lowest BCUT2D eigenvalue weighted by Crippen LogP contribution is -2.14. The Morgan fingerprint density at radius 1 is 1.30 bits per heavy atom. The molecule has 1 heterocycles. The Morgan fingerprint density at radius 2 is 2.05 bits per heavy atom. The molecule has 6 heteroatoms. The molecule has 0 bridgehead atoms. The van der Waals surface area contributed by atoms with Gasteiger partial charge in [-0.3, -0.25) is 4.79 Å². The third-order valence-corrected chi connectivity index (χ3v) is 2.86. The number of nitrogens with one attached hydrogen (secondary N) is 2. The minimum absolute atomic E-state index is 0.327. The Labute approximate surface area is 115 Å². The van der Waals surface area contributed by atoms with E-state index < -0.39 is 5.97 Å². The van der Waals surface area contributed by atoms with Crippen LogP contribution in [0.3, 0.4) is 0 Å². The summed E-state index contributed by atoms with van der Waals surface area (Å²) in [6.07, 6.45) is 1.53. The van der Waals surface area contributed by atoms with Gasteiger partial charge in [-0.15, -0.1) is 0 Å². The van der Waals surface area contributed by atoms with Crippen LogP contribution in [0.5, 0.6) is 0 Å². The number of hydrogen-bond acceptors (Lipinski definition) is 4. The lowest BCUT2D eigenvalue weighted by Gasteiger charge is -2.09. The summed E-state index contributed by atoms with van der Waals surface area (Å²) in [5.74, 6) is -0.781. The molecule has 1 aromatic carbocycles. The highest BCUT2D eigenvalue weighted by molar-refractivity contribution is 6.04. The Balaban J connectivity index is 2.24. The zero-order chi connectivity index (χ0) is 14.7. The number of benzene rings is 1. The number of aryl methyl sites for hydroxylation is 1. The minimum atomic E-state index is -0.454. The monoisotopic (exact) mass is 273 g/mol. The summed E-state index contributed by atoms with van der Waals surface area (Å²) in [6, 6.07) is 6.49. The number of carbonyl (C=O) groups excluding carboxylic acids is 2. The van der Waals surface area contributed by atoms with Crippen LogP contribution in [-0.2, 0) is 4.74 Å². The molecule has 0 saturated heterocycles. The number of carbonyl (C=O) groups is 2. The molecule has 1 aromatic heterocycles. The highest BCUT2D eigenvalue weighted by Gasteiger charge is 2.12. The minimum Gasteiger partial charge on any atom is -0.465 e. The quantitative estimate of drug-likeness (QED) is 0.744. The maximum absolute atomic E-state index is 12.0. The van der Waals surface area contributed by atoms with Gasteiger partial charge in [0, 0.05) is 17.6 Å². The fourth-order valence-electron chi connectivity index (χ4n) is 1.73. The number of amides is 1. The second-order valence-electron chi connectivity index (χ2n) is 4.32. The van der Waals surface area contributed by atoms with Crippen molar-refractivity contribution in [2.24, 2.45) is 0 Å². The number of ether oxygens (including phenoxy) is 1. The van der Waals surface area contributed by atoms with Crippen molar-refractivity contribution in [2.75, 3.05) is 18.2 Å². The van der Waals surface area contributed by atoms with Gasteiger partial charge in [-0.2, -0.15) is 0 Å². The van der Waals surface area contributed by atoms with Crippen molar-refractivity contribution >= 4 is 23.3 Å². The summed E-state index contributed by atoms with van der Waals surface area (Å²) in [5.41, 5.74) is 8.14. The zero-order valence-electron chi connectivity index (χ0n) is 11.2. The SMILES string of the molecule is COC(=O)c1ccc(C)c(NC(=O)c2cc(N)c[nH]2)c1. The number of methoxy groups -OCH3 is 1. The van der Waals surface area contributed by atoms with Crippen LogP contribution in [0.4, 0.5) is 11.4 Å². The molecule has 0 unspecified atom stereocenters. The summed E-state index contributed by atoms with van der Waals surface area (Å²) in [7, 11) is 1.31. The Bertz CT molecular complexity index is 661. The summed E-state index contributed by atoms with van der Waals surface area (Å²) >= 11 is 0. The number of nitrogen functional groups attached to an aromatic ring is 1. The van der Waals surface area contributed by atoms with E-state index in [9.17, 15) is 9.59 Å². The average molecular weight is 273 g/mol. The molecule has 1 amide bonds. The van der Waals surface area contributed by atoms with E-state index in [-0.39, 0.29) is 5.91 Å². The molecule has 20 heavy (non-hydrogen) atoms. The molecule has 0 spiro atoms. The number of hydrogen-bond donors (Lipinski definition) is 3. The fourth-order valence-corrected chi connectivity index (χ4v) is 1.73. The van der Waals surface area contributed by atoms with Gasteiger partial charge in [-0.25, -0.2) is 4.79 Å². The van der Waals surface area contributed by atoms with E-state index in [0.29, 0.717) is 22.6 Å². The molecule has 4 N–H and O–H groups in total. The topological polar surface area (TPSA) is 97.2 Å². The molecule has 2 aromatic rings. The molecular weight excluding hydrogens is 258 g/mol. The fraction of sp³-hybridized carbons (Fsp3) is 0.143. The van der Waals surface area contributed by atoms with Crippen molar-refractivity contribution in [2.45, 2.75) is 6.92 Å². The molecular formula is C14H15N3O3. The summed E-state index contributed by atoms with van der Waals surface area (Å²) in [6.45, 7) is 1.83. The normalized spacial score (nSPS) is 10.1. The van der Waals surface area contributed by atoms with Gasteiger partial charge in [0.2, 0.25) is 0 Å². The van der Waals surface area contributed by atoms with Crippen molar-refractivity contribution in [3.05, 3.63) is 47.3 Å². The van der Waals surface area contributed by atoms with Crippen molar-refractivity contribution in [1.82, 2.24) is 4.98 Å². The van der Waals surface area contributed by atoms with Crippen LogP contribution in [0, 0.1) is 6.92 Å². The molecule has 104 valence electrons. The first-order chi connectivity index (χ1) is 9.51. The number of rotatable bonds is 3. The van der Waals surface area contributed by atoms with E-state index >= 15 is 0 Å². The van der Waals surface area contributed by atoms with Gasteiger partial charge < -0.3 is 20.8 Å². The number of nitrogens with two attached hydrogens (primary N) is 1. The van der Waals surface area contributed by atoms with Crippen LogP contribution < -0.4 is 11.1 Å². The molecule has 6 nitrogen and oxygen atoms in total.